The van der Waals surface area contributed by atoms with E-state index >= 15 is 0 Å². The average Bonchev–Trinajstić information content (AvgIpc) is 2.68. The summed E-state index contributed by atoms with van der Waals surface area (Å²) in [5.74, 6) is -0.0134. The number of benzene rings is 2. The lowest BCUT2D eigenvalue weighted by molar-refractivity contribution is 0.0722. The van der Waals surface area contributed by atoms with Crippen LogP contribution in [0.3, 0.4) is 0 Å². The molecule has 25 heavy (non-hydrogen) atoms. The molecule has 132 valence electrons. The molecule has 0 radical (unpaired) electrons. The first kappa shape index (κ1) is 18.0. The monoisotopic (exact) mass is 375 g/mol. The van der Waals surface area contributed by atoms with Crippen LogP contribution in [0, 0.1) is 0 Å². The van der Waals surface area contributed by atoms with Gasteiger partial charge in [-0.2, -0.15) is 0 Å². The van der Waals surface area contributed by atoms with E-state index in [9.17, 15) is 13.2 Å². The third-order valence-electron chi connectivity index (χ3n) is 4.58. The Morgan fingerprint density at radius 2 is 1.60 bits per heavy atom. The van der Waals surface area contributed by atoms with Crippen LogP contribution >= 0.6 is 11.8 Å². The highest BCUT2D eigenvalue weighted by atomic mass is 32.2. The molecule has 0 unspecified atom stereocenters. The molecule has 1 aliphatic heterocycles. The van der Waals surface area contributed by atoms with Crippen LogP contribution in [0.25, 0.3) is 0 Å². The summed E-state index contributed by atoms with van der Waals surface area (Å²) < 4.78 is 25.5. The standard InChI is InChI=1S/C19H21NO3S2/c1-24-18-10-6-5-9-17(18)19(21)20-13-11-16(12-14-20)25(22,23)15-7-3-2-4-8-15/h2-10,16H,11-14H2,1H3. The molecule has 2 aromatic rings. The summed E-state index contributed by atoms with van der Waals surface area (Å²) in [7, 11) is -3.33. The first-order valence-electron chi connectivity index (χ1n) is 8.25. The maximum atomic E-state index is 12.8. The summed E-state index contributed by atoms with van der Waals surface area (Å²) in [5, 5.41) is -0.422. The molecule has 3 rings (SSSR count). The van der Waals surface area contributed by atoms with Gasteiger partial charge in [0.15, 0.2) is 9.84 Å². The van der Waals surface area contributed by atoms with Gasteiger partial charge in [0.2, 0.25) is 0 Å². The lowest BCUT2D eigenvalue weighted by Crippen LogP contribution is -2.42. The molecule has 0 N–H and O–H groups in total. The predicted molar refractivity (Wildman–Crippen MR) is 101 cm³/mol. The third kappa shape index (κ3) is 3.75. The Kier molecular flexibility index (Phi) is 5.49. The van der Waals surface area contributed by atoms with Crippen molar-refractivity contribution in [3.63, 3.8) is 0 Å². The van der Waals surface area contributed by atoms with E-state index in [0.717, 1.165) is 4.90 Å². The van der Waals surface area contributed by atoms with E-state index in [2.05, 4.69) is 0 Å². The smallest absolute Gasteiger partial charge is 0.254 e. The number of hydrogen-bond acceptors (Lipinski definition) is 4. The molecule has 2 aromatic carbocycles. The van der Waals surface area contributed by atoms with Crippen molar-refractivity contribution in [2.45, 2.75) is 27.9 Å². The maximum absolute atomic E-state index is 12.8. The number of hydrogen-bond donors (Lipinski definition) is 0. The van der Waals surface area contributed by atoms with Gasteiger partial charge in [-0.15, -0.1) is 11.8 Å². The minimum absolute atomic E-state index is 0.0134. The molecule has 4 nitrogen and oxygen atoms in total. The highest BCUT2D eigenvalue weighted by Gasteiger charge is 2.33. The fourth-order valence-corrected chi connectivity index (χ4v) is 5.51. The van der Waals surface area contributed by atoms with E-state index in [1.807, 2.05) is 36.6 Å². The van der Waals surface area contributed by atoms with E-state index in [1.54, 1.807) is 40.9 Å². The molecule has 0 bridgehead atoms. The van der Waals surface area contributed by atoms with Crippen LogP contribution < -0.4 is 0 Å². The Bertz CT molecular complexity index is 842. The topological polar surface area (TPSA) is 54.5 Å². The van der Waals surface area contributed by atoms with Crippen molar-refractivity contribution in [1.82, 2.24) is 4.90 Å². The summed E-state index contributed by atoms with van der Waals surface area (Å²) in [6.07, 6.45) is 2.90. The fourth-order valence-electron chi connectivity index (χ4n) is 3.16. The molecular formula is C19H21NO3S2. The van der Waals surface area contributed by atoms with Crippen molar-refractivity contribution in [1.29, 1.82) is 0 Å². The van der Waals surface area contributed by atoms with E-state index in [-0.39, 0.29) is 5.91 Å². The van der Waals surface area contributed by atoms with Gasteiger partial charge in [0, 0.05) is 18.0 Å². The minimum atomic E-state index is -3.33. The average molecular weight is 376 g/mol. The van der Waals surface area contributed by atoms with Gasteiger partial charge < -0.3 is 4.90 Å². The van der Waals surface area contributed by atoms with Gasteiger partial charge in [-0.1, -0.05) is 30.3 Å². The normalized spacial score (nSPS) is 16.0. The summed E-state index contributed by atoms with van der Waals surface area (Å²) in [5.41, 5.74) is 0.694. The van der Waals surface area contributed by atoms with Crippen molar-refractivity contribution in [3.05, 3.63) is 60.2 Å². The molecule has 0 atom stereocenters. The first-order chi connectivity index (χ1) is 12.0. The van der Waals surface area contributed by atoms with Crippen LogP contribution in [-0.2, 0) is 9.84 Å². The van der Waals surface area contributed by atoms with Gasteiger partial charge in [-0.05, 0) is 43.4 Å². The van der Waals surface area contributed by atoms with E-state index in [1.165, 1.54) is 0 Å². The van der Waals surface area contributed by atoms with Gasteiger partial charge in [-0.3, -0.25) is 4.79 Å². The SMILES string of the molecule is CSc1ccccc1C(=O)N1CCC(S(=O)(=O)c2ccccc2)CC1. The second kappa shape index (κ2) is 7.62. The predicted octanol–water partition coefficient (Wildman–Crippen LogP) is 3.49. The minimum Gasteiger partial charge on any atom is -0.339 e. The summed E-state index contributed by atoms with van der Waals surface area (Å²) >= 11 is 1.55. The van der Waals surface area contributed by atoms with Crippen LogP contribution in [0.1, 0.15) is 23.2 Å². The molecule has 1 fully saturated rings. The van der Waals surface area contributed by atoms with Gasteiger partial charge in [0.05, 0.1) is 15.7 Å². The fraction of sp³-hybridized carbons (Fsp3) is 0.316. The molecule has 1 aliphatic rings. The number of thioether (sulfide) groups is 1. The van der Waals surface area contributed by atoms with Gasteiger partial charge in [0.25, 0.3) is 5.91 Å². The van der Waals surface area contributed by atoms with Crippen LogP contribution in [0.4, 0.5) is 0 Å². The number of piperidine rings is 1. The van der Waals surface area contributed by atoms with Crippen molar-refractivity contribution in [2.24, 2.45) is 0 Å². The largest absolute Gasteiger partial charge is 0.339 e. The van der Waals surface area contributed by atoms with Crippen molar-refractivity contribution in [2.75, 3.05) is 19.3 Å². The summed E-state index contributed by atoms with van der Waals surface area (Å²) in [4.78, 5) is 15.9. The van der Waals surface area contributed by atoms with Crippen LogP contribution in [0.5, 0.6) is 0 Å². The third-order valence-corrected chi connectivity index (χ3v) is 7.65. The molecular weight excluding hydrogens is 354 g/mol. The summed E-state index contributed by atoms with van der Waals surface area (Å²) in [6, 6.07) is 16.1. The number of nitrogens with zero attached hydrogens (tertiary/aromatic N) is 1. The second-order valence-electron chi connectivity index (χ2n) is 6.05. The Morgan fingerprint density at radius 3 is 2.24 bits per heavy atom. The number of carbonyl (C=O) groups is 1. The molecule has 0 spiro atoms. The van der Waals surface area contributed by atoms with Crippen molar-refractivity contribution in [3.8, 4) is 0 Å². The second-order valence-corrected chi connectivity index (χ2v) is 9.13. The molecule has 1 amide bonds. The van der Waals surface area contributed by atoms with Gasteiger partial charge in [-0.25, -0.2) is 8.42 Å². The Labute approximate surface area is 153 Å². The van der Waals surface area contributed by atoms with E-state index < -0.39 is 15.1 Å². The van der Waals surface area contributed by atoms with E-state index in [0.29, 0.717) is 36.4 Å². The number of amides is 1. The highest BCUT2D eigenvalue weighted by Crippen LogP contribution is 2.27. The molecule has 1 saturated heterocycles. The molecule has 0 saturated carbocycles. The van der Waals surface area contributed by atoms with Crippen molar-refractivity contribution < 1.29 is 13.2 Å². The van der Waals surface area contributed by atoms with Crippen molar-refractivity contribution >= 4 is 27.5 Å². The number of rotatable bonds is 4. The van der Waals surface area contributed by atoms with Gasteiger partial charge >= 0.3 is 0 Å². The first-order valence-corrected chi connectivity index (χ1v) is 11.0. The lowest BCUT2D eigenvalue weighted by atomic mass is 10.1. The Balaban J connectivity index is 1.71. The highest BCUT2D eigenvalue weighted by molar-refractivity contribution is 7.98. The zero-order valence-electron chi connectivity index (χ0n) is 14.1. The number of carbonyl (C=O) groups excluding carboxylic acids is 1. The zero-order valence-corrected chi connectivity index (χ0v) is 15.7. The number of likely N-dealkylation sites (tertiary alicyclic amines) is 1. The van der Waals surface area contributed by atoms with Crippen LogP contribution in [-0.4, -0.2) is 43.8 Å². The van der Waals surface area contributed by atoms with E-state index in [4.69, 9.17) is 0 Å². The zero-order chi connectivity index (χ0) is 17.9. The lowest BCUT2D eigenvalue weighted by Gasteiger charge is -2.32. The quantitative estimate of drug-likeness (QED) is 0.768. The van der Waals surface area contributed by atoms with Crippen LogP contribution in [0.2, 0.25) is 0 Å². The number of sulfone groups is 1. The maximum Gasteiger partial charge on any atom is 0.254 e. The Hall–Kier alpha value is -1.79. The molecule has 0 aliphatic carbocycles. The molecule has 1 heterocycles. The molecule has 6 heteroatoms. The van der Waals surface area contributed by atoms with Crippen LogP contribution in [0.15, 0.2) is 64.4 Å². The summed E-state index contributed by atoms with van der Waals surface area (Å²) in [6.45, 7) is 0.941. The Morgan fingerprint density at radius 1 is 1.00 bits per heavy atom. The molecule has 0 aromatic heterocycles. The van der Waals surface area contributed by atoms with Gasteiger partial charge in [0.1, 0.15) is 0 Å².